The lowest BCUT2D eigenvalue weighted by Crippen LogP contribution is -2.35. The zero-order valence-corrected chi connectivity index (χ0v) is 14.7. The molecule has 1 aromatic heterocycles. The average Bonchev–Trinajstić information content (AvgIpc) is 2.59. The molecule has 1 atom stereocenters. The second-order valence-corrected chi connectivity index (χ2v) is 6.75. The van der Waals surface area contributed by atoms with Gasteiger partial charge in [0.1, 0.15) is 12.4 Å². The number of rotatable bonds is 6. The van der Waals surface area contributed by atoms with Crippen molar-refractivity contribution < 1.29 is 4.74 Å². The van der Waals surface area contributed by atoms with Crippen LogP contribution in [-0.2, 0) is 6.61 Å². The molecule has 1 unspecified atom stereocenters. The van der Waals surface area contributed by atoms with Crippen LogP contribution in [0.3, 0.4) is 0 Å². The van der Waals surface area contributed by atoms with Crippen LogP contribution in [-0.4, -0.2) is 41.5 Å². The fourth-order valence-corrected chi connectivity index (χ4v) is 3.19. The van der Waals surface area contributed by atoms with Gasteiger partial charge in [-0.15, -0.1) is 0 Å². The summed E-state index contributed by atoms with van der Waals surface area (Å²) in [7, 11) is 2.18. The zero-order valence-electron chi connectivity index (χ0n) is 13.9. The van der Waals surface area contributed by atoms with Gasteiger partial charge in [-0.3, -0.25) is 4.98 Å². The normalized spacial score (nSPS) is 18.3. The van der Waals surface area contributed by atoms with Gasteiger partial charge < -0.3 is 15.0 Å². The van der Waals surface area contributed by atoms with Crippen molar-refractivity contribution in [1.29, 1.82) is 0 Å². The van der Waals surface area contributed by atoms with E-state index in [0.717, 1.165) is 24.5 Å². The molecular formula is C18H23ClN4O. The Morgan fingerprint density at radius 1 is 1.38 bits per heavy atom. The molecule has 1 aliphatic heterocycles. The van der Waals surface area contributed by atoms with E-state index in [-0.39, 0.29) is 0 Å². The molecule has 1 aromatic carbocycles. The predicted octanol–water partition coefficient (Wildman–Crippen LogP) is 3.46. The molecule has 0 amide bonds. The summed E-state index contributed by atoms with van der Waals surface area (Å²) in [5.41, 5.74) is 1.01. The number of ether oxygens (including phenoxy) is 1. The molecule has 0 spiro atoms. The molecule has 1 fully saturated rings. The highest BCUT2D eigenvalue weighted by molar-refractivity contribution is 6.30. The van der Waals surface area contributed by atoms with Gasteiger partial charge in [0.15, 0.2) is 0 Å². The van der Waals surface area contributed by atoms with E-state index in [4.69, 9.17) is 16.3 Å². The van der Waals surface area contributed by atoms with E-state index in [1.54, 1.807) is 12.4 Å². The van der Waals surface area contributed by atoms with E-state index < -0.39 is 0 Å². The van der Waals surface area contributed by atoms with Gasteiger partial charge in [0.05, 0.1) is 12.4 Å². The van der Waals surface area contributed by atoms with Gasteiger partial charge in [-0.2, -0.15) is 4.98 Å². The van der Waals surface area contributed by atoms with Crippen LogP contribution in [0.1, 0.15) is 18.4 Å². The van der Waals surface area contributed by atoms with Gasteiger partial charge in [-0.1, -0.05) is 23.7 Å². The molecule has 0 saturated carbocycles. The molecule has 2 heterocycles. The highest BCUT2D eigenvalue weighted by atomic mass is 35.5. The number of piperidine rings is 1. The van der Waals surface area contributed by atoms with Gasteiger partial charge in [0.2, 0.25) is 5.88 Å². The standard InChI is InChI=1S/C18H23ClN4O/c1-23-7-3-5-15(12-23)9-21-17-10-20-11-18(22-17)24-13-14-4-2-6-16(19)8-14/h2,4,6,8,10-11,15H,3,5,7,9,12-13H2,1H3,(H,21,22). The first-order chi connectivity index (χ1) is 11.7. The molecule has 24 heavy (non-hydrogen) atoms. The number of benzene rings is 1. The minimum Gasteiger partial charge on any atom is -0.472 e. The number of hydrogen-bond acceptors (Lipinski definition) is 5. The molecule has 0 aliphatic carbocycles. The summed E-state index contributed by atoms with van der Waals surface area (Å²) in [6, 6.07) is 7.61. The fourth-order valence-electron chi connectivity index (χ4n) is 2.98. The summed E-state index contributed by atoms with van der Waals surface area (Å²) in [4.78, 5) is 11.1. The molecule has 0 radical (unpaired) electrons. The smallest absolute Gasteiger partial charge is 0.234 e. The lowest BCUT2D eigenvalue weighted by molar-refractivity contribution is 0.217. The molecule has 1 saturated heterocycles. The molecule has 1 aliphatic rings. The Hall–Kier alpha value is -1.85. The summed E-state index contributed by atoms with van der Waals surface area (Å²) in [5, 5.41) is 4.08. The highest BCUT2D eigenvalue weighted by Gasteiger charge is 2.16. The first-order valence-corrected chi connectivity index (χ1v) is 8.68. The third-order valence-electron chi connectivity index (χ3n) is 4.18. The molecule has 6 heteroatoms. The van der Waals surface area contributed by atoms with E-state index in [1.807, 2.05) is 24.3 Å². The van der Waals surface area contributed by atoms with E-state index in [2.05, 4.69) is 27.2 Å². The monoisotopic (exact) mass is 346 g/mol. The first-order valence-electron chi connectivity index (χ1n) is 8.31. The minimum atomic E-state index is 0.423. The van der Waals surface area contributed by atoms with Crippen molar-refractivity contribution in [3.63, 3.8) is 0 Å². The van der Waals surface area contributed by atoms with Crippen molar-refractivity contribution in [3.8, 4) is 5.88 Å². The maximum absolute atomic E-state index is 5.98. The molecule has 2 aromatic rings. The van der Waals surface area contributed by atoms with Crippen molar-refractivity contribution in [2.75, 3.05) is 32.0 Å². The number of hydrogen-bond donors (Lipinski definition) is 1. The quantitative estimate of drug-likeness (QED) is 0.868. The zero-order chi connectivity index (χ0) is 16.8. The average molecular weight is 347 g/mol. The number of nitrogens with one attached hydrogen (secondary N) is 1. The van der Waals surface area contributed by atoms with Crippen LogP contribution in [0.4, 0.5) is 5.82 Å². The van der Waals surface area contributed by atoms with Gasteiger partial charge in [0.25, 0.3) is 0 Å². The highest BCUT2D eigenvalue weighted by Crippen LogP contribution is 2.17. The van der Waals surface area contributed by atoms with E-state index in [9.17, 15) is 0 Å². The van der Waals surface area contributed by atoms with Crippen LogP contribution < -0.4 is 10.1 Å². The molecule has 0 bridgehead atoms. The van der Waals surface area contributed by atoms with E-state index >= 15 is 0 Å². The molecule has 3 rings (SSSR count). The number of aromatic nitrogens is 2. The van der Waals surface area contributed by atoms with Crippen molar-refractivity contribution >= 4 is 17.4 Å². The minimum absolute atomic E-state index is 0.423. The van der Waals surface area contributed by atoms with Crippen LogP contribution in [0, 0.1) is 5.92 Å². The predicted molar refractivity (Wildman–Crippen MR) is 96.5 cm³/mol. The largest absolute Gasteiger partial charge is 0.472 e. The Bertz CT molecular complexity index is 667. The van der Waals surface area contributed by atoms with Crippen LogP contribution in [0.5, 0.6) is 5.88 Å². The summed E-state index contributed by atoms with van der Waals surface area (Å²) >= 11 is 5.98. The number of anilines is 1. The van der Waals surface area contributed by atoms with Crippen molar-refractivity contribution in [3.05, 3.63) is 47.2 Å². The maximum atomic E-state index is 5.98. The molecular weight excluding hydrogens is 324 g/mol. The van der Waals surface area contributed by atoms with Crippen LogP contribution in [0.2, 0.25) is 5.02 Å². The van der Waals surface area contributed by atoms with Crippen LogP contribution in [0.15, 0.2) is 36.7 Å². The second kappa shape index (κ2) is 8.31. The Labute approximate surface area is 148 Å². The van der Waals surface area contributed by atoms with Crippen LogP contribution >= 0.6 is 11.6 Å². The summed E-state index contributed by atoms with van der Waals surface area (Å²) in [5.74, 6) is 1.93. The Morgan fingerprint density at radius 3 is 3.12 bits per heavy atom. The lowest BCUT2D eigenvalue weighted by atomic mass is 9.98. The Kier molecular flexibility index (Phi) is 5.88. The summed E-state index contributed by atoms with van der Waals surface area (Å²) in [6.45, 7) is 3.66. The molecule has 5 nitrogen and oxygen atoms in total. The number of nitrogens with zero attached hydrogens (tertiary/aromatic N) is 3. The summed E-state index contributed by atoms with van der Waals surface area (Å²) < 4.78 is 5.72. The second-order valence-electron chi connectivity index (χ2n) is 6.31. The summed E-state index contributed by atoms with van der Waals surface area (Å²) in [6.07, 6.45) is 5.88. The maximum Gasteiger partial charge on any atom is 0.234 e. The number of likely N-dealkylation sites (tertiary alicyclic amines) is 1. The van der Waals surface area contributed by atoms with Crippen molar-refractivity contribution in [2.24, 2.45) is 5.92 Å². The Balaban J connectivity index is 1.52. The third-order valence-corrected chi connectivity index (χ3v) is 4.42. The van der Waals surface area contributed by atoms with Gasteiger partial charge >= 0.3 is 0 Å². The van der Waals surface area contributed by atoms with E-state index in [0.29, 0.717) is 23.4 Å². The Morgan fingerprint density at radius 2 is 2.29 bits per heavy atom. The molecule has 1 N–H and O–H groups in total. The van der Waals surface area contributed by atoms with Crippen molar-refractivity contribution in [2.45, 2.75) is 19.4 Å². The lowest BCUT2D eigenvalue weighted by Gasteiger charge is -2.29. The van der Waals surface area contributed by atoms with Crippen molar-refractivity contribution in [1.82, 2.24) is 14.9 Å². The molecule has 128 valence electrons. The van der Waals surface area contributed by atoms with E-state index in [1.165, 1.54) is 19.4 Å². The van der Waals surface area contributed by atoms with Gasteiger partial charge in [-0.25, -0.2) is 0 Å². The fraction of sp³-hybridized carbons (Fsp3) is 0.444. The number of halogens is 1. The topological polar surface area (TPSA) is 50.3 Å². The SMILES string of the molecule is CN1CCCC(CNc2cncc(OCc3cccc(Cl)c3)n2)C1. The van der Waals surface area contributed by atoms with Gasteiger partial charge in [0, 0.05) is 18.1 Å². The first kappa shape index (κ1) is 17.0. The van der Waals surface area contributed by atoms with Gasteiger partial charge in [-0.05, 0) is 50.0 Å². The third kappa shape index (κ3) is 5.08. The van der Waals surface area contributed by atoms with Crippen LogP contribution in [0.25, 0.3) is 0 Å².